The zero-order chi connectivity index (χ0) is 13.4. The molecule has 2 aromatic carbocycles. The molecule has 1 heterocycles. The molecule has 0 bridgehead atoms. The third-order valence-electron chi connectivity index (χ3n) is 2.82. The summed E-state index contributed by atoms with van der Waals surface area (Å²) in [6.45, 7) is 0. The molecule has 0 radical (unpaired) electrons. The second-order valence-electron chi connectivity index (χ2n) is 4.11. The minimum absolute atomic E-state index is 0.131. The Morgan fingerprint density at radius 2 is 1.58 bits per heavy atom. The summed E-state index contributed by atoms with van der Waals surface area (Å²) in [6, 6.07) is 13.5. The first-order chi connectivity index (χ1) is 9.13. The molecule has 3 rings (SSSR count). The number of hydrogen-bond donors (Lipinski definition) is 1. The van der Waals surface area contributed by atoms with Crippen LogP contribution in [0.4, 0.5) is 5.95 Å². The van der Waals surface area contributed by atoms with Crippen LogP contribution in [0.25, 0.3) is 22.0 Å². The summed E-state index contributed by atoms with van der Waals surface area (Å²) < 4.78 is 0. The molecule has 19 heavy (non-hydrogen) atoms. The van der Waals surface area contributed by atoms with Crippen LogP contribution in [0.2, 0.25) is 10.2 Å². The number of nitrogens with two attached hydrogens (primary N) is 1. The summed E-state index contributed by atoms with van der Waals surface area (Å²) in [5.74, 6) is 0.131. The molecule has 94 valence electrons. The maximum Gasteiger partial charge on any atom is 0.221 e. The fraction of sp³-hybridized carbons (Fsp3) is 0. The second-order valence-corrected chi connectivity index (χ2v) is 4.91. The molecule has 0 amide bonds. The van der Waals surface area contributed by atoms with E-state index < -0.39 is 0 Å². The Morgan fingerprint density at radius 1 is 0.895 bits per heavy atom. The van der Waals surface area contributed by atoms with Crippen LogP contribution in [0.5, 0.6) is 0 Å². The van der Waals surface area contributed by atoms with E-state index in [9.17, 15) is 0 Å². The van der Waals surface area contributed by atoms with Gasteiger partial charge in [0.15, 0.2) is 0 Å². The molecule has 0 aliphatic rings. The highest BCUT2D eigenvalue weighted by Crippen LogP contribution is 2.32. The molecule has 0 atom stereocenters. The van der Waals surface area contributed by atoms with Crippen LogP contribution in [-0.2, 0) is 0 Å². The third kappa shape index (κ3) is 2.35. The summed E-state index contributed by atoms with van der Waals surface area (Å²) in [5.41, 5.74) is 7.02. The van der Waals surface area contributed by atoms with Gasteiger partial charge in [-0.15, -0.1) is 0 Å². The number of nitrogens with zero attached hydrogens (tertiary/aromatic N) is 2. The molecule has 0 aliphatic heterocycles. The smallest absolute Gasteiger partial charge is 0.221 e. The fourth-order valence-corrected chi connectivity index (χ4v) is 2.44. The van der Waals surface area contributed by atoms with E-state index >= 15 is 0 Å². The molecular weight excluding hydrogens is 281 g/mol. The van der Waals surface area contributed by atoms with Crippen molar-refractivity contribution in [3.8, 4) is 11.3 Å². The van der Waals surface area contributed by atoms with Crippen LogP contribution in [0.1, 0.15) is 0 Å². The quantitative estimate of drug-likeness (QED) is 0.684. The summed E-state index contributed by atoms with van der Waals surface area (Å²) >= 11 is 12.2. The highest BCUT2D eigenvalue weighted by Gasteiger charge is 2.09. The van der Waals surface area contributed by atoms with E-state index in [1.54, 1.807) is 6.07 Å². The van der Waals surface area contributed by atoms with E-state index in [-0.39, 0.29) is 5.95 Å². The van der Waals surface area contributed by atoms with Gasteiger partial charge in [-0.3, -0.25) is 0 Å². The normalized spacial score (nSPS) is 10.8. The van der Waals surface area contributed by atoms with Gasteiger partial charge in [0.1, 0.15) is 5.15 Å². The summed E-state index contributed by atoms with van der Waals surface area (Å²) in [5, 5.41) is 3.05. The lowest BCUT2D eigenvalue weighted by Gasteiger charge is -2.07. The van der Waals surface area contributed by atoms with Crippen molar-refractivity contribution < 1.29 is 0 Å². The van der Waals surface area contributed by atoms with Crippen LogP contribution in [0.15, 0.2) is 42.5 Å². The molecule has 2 N–H and O–H groups in total. The van der Waals surface area contributed by atoms with Crippen molar-refractivity contribution in [3.05, 3.63) is 52.6 Å². The zero-order valence-corrected chi connectivity index (χ0v) is 11.3. The van der Waals surface area contributed by atoms with Gasteiger partial charge in [-0.05, 0) is 22.9 Å². The Hall–Kier alpha value is -1.84. The molecule has 0 unspecified atom stereocenters. The van der Waals surface area contributed by atoms with Crippen molar-refractivity contribution in [1.82, 2.24) is 9.97 Å². The SMILES string of the molecule is Nc1nc(Cl)cc(-c2cc3ccccc3cc2Cl)n1. The van der Waals surface area contributed by atoms with Gasteiger partial charge < -0.3 is 5.73 Å². The number of rotatable bonds is 1. The largest absolute Gasteiger partial charge is 0.368 e. The second kappa shape index (κ2) is 4.68. The highest BCUT2D eigenvalue weighted by molar-refractivity contribution is 6.34. The first-order valence-corrected chi connectivity index (χ1v) is 6.38. The lowest BCUT2D eigenvalue weighted by Crippen LogP contribution is -1.97. The summed E-state index contributed by atoms with van der Waals surface area (Å²) in [7, 11) is 0. The first kappa shape index (κ1) is 12.2. The molecule has 3 nitrogen and oxygen atoms in total. The Bertz CT molecular complexity index is 751. The van der Waals surface area contributed by atoms with Gasteiger partial charge in [0, 0.05) is 11.6 Å². The van der Waals surface area contributed by atoms with E-state index in [0.717, 1.165) is 16.3 Å². The lowest BCUT2D eigenvalue weighted by molar-refractivity contribution is 1.19. The summed E-state index contributed by atoms with van der Waals surface area (Å²) in [6.07, 6.45) is 0. The molecule has 0 saturated carbocycles. The van der Waals surface area contributed by atoms with Gasteiger partial charge in [0.25, 0.3) is 0 Å². The zero-order valence-electron chi connectivity index (χ0n) is 9.77. The fourth-order valence-electron chi connectivity index (χ4n) is 1.98. The molecule has 3 aromatic rings. The molecular formula is C14H9Cl2N3. The van der Waals surface area contributed by atoms with Crippen molar-refractivity contribution in [2.75, 3.05) is 5.73 Å². The van der Waals surface area contributed by atoms with Gasteiger partial charge in [-0.25, -0.2) is 9.97 Å². The topological polar surface area (TPSA) is 51.8 Å². The minimum atomic E-state index is 0.131. The molecule has 0 aliphatic carbocycles. The third-order valence-corrected chi connectivity index (χ3v) is 3.33. The van der Waals surface area contributed by atoms with E-state index in [1.165, 1.54) is 0 Å². The van der Waals surface area contributed by atoms with Gasteiger partial charge >= 0.3 is 0 Å². The number of benzene rings is 2. The monoisotopic (exact) mass is 289 g/mol. The van der Waals surface area contributed by atoms with Crippen molar-refractivity contribution >= 4 is 39.9 Å². The van der Waals surface area contributed by atoms with Crippen molar-refractivity contribution in [3.63, 3.8) is 0 Å². The summed E-state index contributed by atoms with van der Waals surface area (Å²) in [4.78, 5) is 8.01. The lowest BCUT2D eigenvalue weighted by atomic mass is 10.0. The maximum atomic E-state index is 6.30. The van der Waals surface area contributed by atoms with E-state index in [1.807, 2.05) is 36.4 Å². The van der Waals surface area contributed by atoms with Gasteiger partial charge in [-0.1, -0.05) is 47.5 Å². The van der Waals surface area contributed by atoms with Crippen LogP contribution >= 0.6 is 23.2 Å². The number of hydrogen-bond acceptors (Lipinski definition) is 3. The van der Waals surface area contributed by atoms with E-state index in [2.05, 4.69) is 9.97 Å². The average molecular weight is 290 g/mol. The number of anilines is 1. The van der Waals surface area contributed by atoms with Gasteiger partial charge in [-0.2, -0.15) is 0 Å². The highest BCUT2D eigenvalue weighted by atomic mass is 35.5. The van der Waals surface area contributed by atoms with Crippen LogP contribution in [-0.4, -0.2) is 9.97 Å². The molecule has 0 saturated heterocycles. The Labute approximate surface area is 120 Å². The Balaban J connectivity index is 2.26. The molecule has 1 aromatic heterocycles. The number of aromatic nitrogens is 2. The predicted molar refractivity (Wildman–Crippen MR) is 79.4 cm³/mol. The number of fused-ring (bicyclic) bond motifs is 1. The standard InChI is InChI=1S/C14H9Cl2N3/c15-11-6-9-4-2-1-3-8(9)5-10(11)12-7-13(16)19-14(17)18-12/h1-7H,(H2,17,18,19). The predicted octanol–water partition coefficient (Wildman–Crippen LogP) is 4.19. The first-order valence-electron chi connectivity index (χ1n) is 5.62. The van der Waals surface area contributed by atoms with Crippen molar-refractivity contribution in [1.29, 1.82) is 0 Å². The maximum absolute atomic E-state index is 6.30. The van der Waals surface area contributed by atoms with Crippen LogP contribution in [0.3, 0.4) is 0 Å². The van der Waals surface area contributed by atoms with Crippen molar-refractivity contribution in [2.24, 2.45) is 0 Å². The number of halogens is 2. The molecule has 0 fully saturated rings. The van der Waals surface area contributed by atoms with Crippen LogP contribution in [0, 0.1) is 0 Å². The Morgan fingerprint density at radius 3 is 2.26 bits per heavy atom. The molecule has 0 spiro atoms. The molecule has 5 heteroatoms. The van der Waals surface area contributed by atoms with E-state index in [0.29, 0.717) is 15.9 Å². The van der Waals surface area contributed by atoms with Crippen molar-refractivity contribution in [2.45, 2.75) is 0 Å². The van der Waals surface area contributed by atoms with Gasteiger partial charge in [0.05, 0.1) is 10.7 Å². The van der Waals surface area contributed by atoms with Gasteiger partial charge in [0.2, 0.25) is 5.95 Å². The Kier molecular flexibility index (Phi) is 3.01. The van der Waals surface area contributed by atoms with E-state index in [4.69, 9.17) is 28.9 Å². The number of nitrogen functional groups attached to an aromatic ring is 1. The average Bonchev–Trinajstić information content (AvgIpc) is 2.36. The minimum Gasteiger partial charge on any atom is -0.368 e. The van der Waals surface area contributed by atoms with Crippen LogP contribution < -0.4 is 5.73 Å².